The predicted octanol–water partition coefficient (Wildman–Crippen LogP) is 3.42. The van der Waals surface area contributed by atoms with Gasteiger partial charge in [0.1, 0.15) is 5.78 Å². The van der Waals surface area contributed by atoms with Gasteiger partial charge in [-0.3, -0.25) is 29.8 Å². The molecule has 0 heterocycles. The fraction of sp³-hybridized carbons (Fsp3) is 0.286. The van der Waals surface area contributed by atoms with Crippen LogP contribution in [0, 0.1) is 37.0 Å². The van der Waals surface area contributed by atoms with Gasteiger partial charge in [-0.05, 0) is 11.1 Å². The Labute approximate surface area is 176 Å². The number of benzene rings is 2. The fourth-order valence-electron chi connectivity index (χ4n) is 4.18. The Bertz CT molecular complexity index is 1020. The van der Waals surface area contributed by atoms with Crippen molar-refractivity contribution in [3.05, 3.63) is 79.9 Å². The van der Waals surface area contributed by atoms with Gasteiger partial charge in [-0.25, -0.2) is 0 Å². The quantitative estimate of drug-likeness (QED) is 0.403. The highest BCUT2D eigenvalue weighted by atomic mass is 16.6. The second-order valence-electron chi connectivity index (χ2n) is 7.22. The minimum Gasteiger partial charge on any atom is -0.468 e. The highest BCUT2D eigenvalue weighted by Crippen LogP contribution is 2.54. The maximum Gasteiger partial charge on any atom is 0.327 e. The Hall–Kier alpha value is -4.13. The number of nitrogens with zero attached hydrogens (tertiary/aromatic N) is 3. The van der Waals surface area contributed by atoms with Gasteiger partial charge in [0.15, 0.2) is 5.41 Å². The molecular formula is C21H17N3O7. The molecule has 3 rings (SSSR count). The molecule has 1 aliphatic carbocycles. The maximum atomic E-state index is 13.0. The molecule has 2 aromatic carbocycles. The molecule has 31 heavy (non-hydrogen) atoms. The Balaban J connectivity index is 2.16. The number of carbonyl (C=O) groups excluding carboxylic acids is 2. The van der Waals surface area contributed by atoms with E-state index in [0.29, 0.717) is 11.1 Å². The van der Waals surface area contributed by atoms with Gasteiger partial charge in [0, 0.05) is 48.9 Å². The Morgan fingerprint density at radius 3 is 1.65 bits per heavy atom. The third kappa shape index (κ3) is 3.73. The molecule has 10 nitrogen and oxygen atoms in total. The Morgan fingerprint density at radius 1 is 0.968 bits per heavy atom. The van der Waals surface area contributed by atoms with Gasteiger partial charge in [-0.2, -0.15) is 5.26 Å². The van der Waals surface area contributed by atoms with E-state index >= 15 is 0 Å². The van der Waals surface area contributed by atoms with Crippen molar-refractivity contribution >= 4 is 23.1 Å². The van der Waals surface area contributed by atoms with E-state index in [0.717, 1.165) is 7.11 Å². The molecule has 10 heteroatoms. The summed E-state index contributed by atoms with van der Waals surface area (Å²) in [4.78, 5) is 46.4. The molecular weight excluding hydrogens is 406 g/mol. The number of methoxy groups -OCH3 is 1. The lowest BCUT2D eigenvalue weighted by Gasteiger charge is -2.42. The van der Waals surface area contributed by atoms with E-state index in [2.05, 4.69) is 6.07 Å². The fourth-order valence-corrected chi connectivity index (χ4v) is 4.18. The first-order valence-corrected chi connectivity index (χ1v) is 9.24. The number of nitro benzene ring substituents is 2. The van der Waals surface area contributed by atoms with E-state index in [1.807, 2.05) is 0 Å². The van der Waals surface area contributed by atoms with E-state index in [4.69, 9.17) is 4.74 Å². The largest absolute Gasteiger partial charge is 0.468 e. The highest BCUT2D eigenvalue weighted by Gasteiger charge is 2.58. The number of nitriles is 1. The highest BCUT2D eigenvalue weighted by molar-refractivity contribution is 5.90. The molecule has 0 aromatic heterocycles. The molecule has 0 spiro atoms. The molecule has 158 valence electrons. The summed E-state index contributed by atoms with van der Waals surface area (Å²) in [6.07, 6.45) is -0.242. The smallest absolute Gasteiger partial charge is 0.327 e. The van der Waals surface area contributed by atoms with Crippen LogP contribution in [0.1, 0.15) is 35.8 Å². The van der Waals surface area contributed by atoms with Gasteiger partial charge in [0.2, 0.25) is 0 Å². The topological polar surface area (TPSA) is 153 Å². The molecule has 1 saturated carbocycles. The molecule has 0 bridgehead atoms. The van der Waals surface area contributed by atoms with Gasteiger partial charge >= 0.3 is 5.97 Å². The summed E-state index contributed by atoms with van der Waals surface area (Å²) in [6.45, 7) is 0. The van der Waals surface area contributed by atoms with Crippen molar-refractivity contribution in [2.45, 2.75) is 24.7 Å². The van der Waals surface area contributed by atoms with Gasteiger partial charge < -0.3 is 4.74 Å². The molecule has 0 aliphatic heterocycles. The first-order chi connectivity index (χ1) is 14.7. The number of esters is 1. The Morgan fingerprint density at radius 2 is 1.35 bits per heavy atom. The standard InChI is InChI=1S/C21H17N3O7/c1-31-20(26)21(12-22)18(13-2-6-15(7-3-13)23(27)28)10-17(25)11-19(21)14-4-8-16(9-5-14)24(29)30/h2-9,18-19H,10-11H2,1H3/t18-,19+,21?. The van der Waals surface area contributed by atoms with Crippen LogP contribution in [0.4, 0.5) is 11.4 Å². The number of ether oxygens (including phenoxy) is 1. The second-order valence-corrected chi connectivity index (χ2v) is 7.22. The van der Waals surface area contributed by atoms with Crippen LogP contribution >= 0.6 is 0 Å². The van der Waals surface area contributed by atoms with Crippen molar-refractivity contribution < 1.29 is 24.2 Å². The van der Waals surface area contributed by atoms with Crippen molar-refractivity contribution in [1.82, 2.24) is 0 Å². The molecule has 1 unspecified atom stereocenters. The maximum absolute atomic E-state index is 13.0. The third-order valence-corrected chi connectivity index (χ3v) is 5.68. The number of ketones is 1. The summed E-state index contributed by atoms with van der Waals surface area (Å²) >= 11 is 0. The molecule has 0 saturated heterocycles. The molecule has 1 fully saturated rings. The van der Waals surface area contributed by atoms with Gasteiger partial charge in [0.05, 0.1) is 23.0 Å². The van der Waals surface area contributed by atoms with Crippen molar-refractivity contribution in [2.75, 3.05) is 7.11 Å². The SMILES string of the molecule is COC(=O)C1(C#N)[C@@H](c2ccc([N+](=O)[O-])cc2)CC(=O)C[C@H]1c1ccc([N+](=O)[O-])cc1. The van der Waals surface area contributed by atoms with Crippen molar-refractivity contribution in [3.8, 4) is 6.07 Å². The van der Waals surface area contributed by atoms with Gasteiger partial charge in [-0.1, -0.05) is 24.3 Å². The third-order valence-electron chi connectivity index (χ3n) is 5.68. The van der Waals surface area contributed by atoms with Crippen molar-refractivity contribution in [2.24, 2.45) is 5.41 Å². The first-order valence-electron chi connectivity index (χ1n) is 9.24. The number of rotatable bonds is 5. The number of hydrogen-bond acceptors (Lipinski definition) is 8. The average Bonchev–Trinajstić information content (AvgIpc) is 2.78. The van der Waals surface area contributed by atoms with Crippen molar-refractivity contribution in [1.29, 1.82) is 5.26 Å². The number of Topliss-reactive ketones (excluding diaryl/α,β-unsaturated/α-hetero) is 1. The summed E-state index contributed by atoms with van der Waals surface area (Å²) < 4.78 is 4.96. The van der Waals surface area contributed by atoms with E-state index in [9.17, 15) is 35.1 Å². The molecule has 0 amide bonds. The van der Waals surface area contributed by atoms with E-state index in [1.54, 1.807) is 0 Å². The molecule has 0 radical (unpaired) electrons. The second kappa shape index (κ2) is 8.31. The zero-order valence-corrected chi connectivity index (χ0v) is 16.4. The van der Waals surface area contributed by atoms with Crippen LogP contribution in [0.5, 0.6) is 0 Å². The predicted molar refractivity (Wildman–Crippen MR) is 106 cm³/mol. The molecule has 3 atom stereocenters. The minimum absolute atomic E-state index is 0.121. The first kappa shape index (κ1) is 21.6. The lowest BCUT2D eigenvalue weighted by molar-refractivity contribution is -0.385. The normalized spacial score (nSPS) is 22.9. The average molecular weight is 423 g/mol. The van der Waals surface area contributed by atoms with Crippen LogP contribution in [0.15, 0.2) is 48.5 Å². The minimum atomic E-state index is -1.80. The zero-order valence-electron chi connectivity index (χ0n) is 16.4. The molecule has 2 aromatic rings. The summed E-state index contributed by atoms with van der Waals surface area (Å²) in [6, 6.07) is 12.7. The van der Waals surface area contributed by atoms with Crippen molar-refractivity contribution in [3.63, 3.8) is 0 Å². The summed E-state index contributed by atoms with van der Waals surface area (Å²) in [7, 11) is 1.14. The lowest BCUT2D eigenvalue weighted by Crippen LogP contribution is -2.47. The number of nitro groups is 2. The van der Waals surface area contributed by atoms with E-state index in [1.165, 1.54) is 48.5 Å². The number of hydrogen-bond donors (Lipinski definition) is 0. The van der Waals surface area contributed by atoms with Crippen LogP contribution in [0.3, 0.4) is 0 Å². The monoisotopic (exact) mass is 423 g/mol. The lowest BCUT2D eigenvalue weighted by atomic mass is 9.56. The van der Waals surface area contributed by atoms with Crippen LogP contribution < -0.4 is 0 Å². The zero-order chi connectivity index (χ0) is 22.8. The summed E-state index contributed by atoms with van der Waals surface area (Å²) in [5.41, 5.74) is -1.30. The Kier molecular flexibility index (Phi) is 5.79. The summed E-state index contributed by atoms with van der Waals surface area (Å²) in [5, 5.41) is 32.1. The van der Waals surface area contributed by atoms with Crippen LogP contribution in [-0.2, 0) is 14.3 Å². The van der Waals surface area contributed by atoms with Gasteiger partial charge in [-0.15, -0.1) is 0 Å². The molecule has 1 aliphatic rings. The van der Waals surface area contributed by atoms with Crippen LogP contribution in [0.2, 0.25) is 0 Å². The van der Waals surface area contributed by atoms with Gasteiger partial charge in [0.25, 0.3) is 11.4 Å². The number of non-ortho nitro benzene ring substituents is 2. The molecule has 0 N–H and O–H groups in total. The van der Waals surface area contributed by atoms with Crippen LogP contribution in [0.25, 0.3) is 0 Å². The summed E-state index contributed by atoms with van der Waals surface area (Å²) in [5.74, 6) is -2.87. The van der Waals surface area contributed by atoms with E-state index < -0.39 is 33.1 Å². The van der Waals surface area contributed by atoms with E-state index in [-0.39, 0.29) is 30.0 Å². The number of carbonyl (C=O) groups is 2. The van der Waals surface area contributed by atoms with Crippen LogP contribution in [-0.4, -0.2) is 28.7 Å².